The molecule has 1 fully saturated rings. The zero-order valence-corrected chi connectivity index (χ0v) is 9.96. The Labute approximate surface area is 99.3 Å². The first-order valence-electron chi connectivity index (χ1n) is 5.35. The molecule has 0 saturated carbocycles. The quantitative estimate of drug-likeness (QED) is 0.871. The lowest BCUT2D eigenvalue weighted by molar-refractivity contribution is -0.118. The fourth-order valence-corrected chi connectivity index (χ4v) is 2.40. The predicted molar refractivity (Wildman–Crippen MR) is 67.4 cm³/mol. The molecule has 1 amide bonds. The Morgan fingerprint density at radius 2 is 2.12 bits per heavy atom. The number of thioether (sulfide) groups is 1. The van der Waals surface area contributed by atoms with Gasteiger partial charge >= 0.3 is 0 Å². The van der Waals surface area contributed by atoms with E-state index in [1.165, 1.54) is 11.8 Å². The highest BCUT2D eigenvalue weighted by atomic mass is 32.2. The van der Waals surface area contributed by atoms with Gasteiger partial charge in [-0.05, 0) is 12.0 Å². The summed E-state index contributed by atoms with van der Waals surface area (Å²) in [5, 5.41) is 3.59. The van der Waals surface area contributed by atoms with Gasteiger partial charge in [0.25, 0.3) is 0 Å². The first kappa shape index (κ1) is 11.2. The lowest BCUT2D eigenvalue weighted by atomic mass is 10.2. The third-order valence-corrected chi connectivity index (χ3v) is 3.68. The minimum Gasteiger partial charge on any atom is -0.304 e. The molecule has 0 bridgehead atoms. The largest absolute Gasteiger partial charge is 0.304 e. The van der Waals surface area contributed by atoms with Gasteiger partial charge in [-0.15, -0.1) is 0 Å². The Hall–Kier alpha value is -1.29. The SMILES string of the molecule is CCC1SC(=NCc2ccccc2)NC1=O. The third-order valence-electron chi connectivity index (χ3n) is 2.40. The van der Waals surface area contributed by atoms with Crippen molar-refractivity contribution >= 4 is 22.8 Å². The van der Waals surface area contributed by atoms with Crippen LogP contribution in [0.1, 0.15) is 18.9 Å². The number of rotatable bonds is 3. The highest BCUT2D eigenvalue weighted by molar-refractivity contribution is 8.15. The van der Waals surface area contributed by atoms with Crippen molar-refractivity contribution in [3.8, 4) is 0 Å². The van der Waals surface area contributed by atoms with Gasteiger partial charge in [-0.1, -0.05) is 49.0 Å². The van der Waals surface area contributed by atoms with Crippen LogP contribution in [0.25, 0.3) is 0 Å². The number of carbonyl (C=O) groups is 1. The number of hydrogen-bond donors (Lipinski definition) is 1. The van der Waals surface area contributed by atoms with E-state index >= 15 is 0 Å². The number of benzene rings is 1. The van der Waals surface area contributed by atoms with Crippen LogP contribution in [0.4, 0.5) is 0 Å². The van der Waals surface area contributed by atoms with Gasteiger partial charge in [-0.2, -0.15) is 0 Å². The maximum atomic E-state index is 11.4. The van der Waals surface area contributed by atoms with Crippen molar-refractivity contribution < 1.29 is 4.79 Å². The summed E-state index contributed by atoms with van der Waals surface area (Å²) < 4.78 is 0. The molecule has 16 heavy (non-hydrogen) atoms. The van der Waals surface area contributed by atoms with Crippen molar-refractivity contribution in [3.05, 3.63) is 35.9 Å². The van der Waals surface area contributed by atoms with Crippen LogP contribution in [-0.4, -0.2) is 16.3 Å². The van der Waals surface area contributed by atoms with Gasteiger partial charge in [0, 0.05) is 0 Å². The second-order valence-electron chi connectivity index (χ2n) is 3.61. The van der Waals surface area contributed by atoms with Gasteiger partial charge in [0.2, 0.25) is 5.91 Å². The van der Waals surface area contributed by atoms with E-state index in [4.69, 9.17) is 0 Å². The summed E-state index contributed by atoms with van der Waals surface area (Å²) in [6.07, 6.45) is 0.848. The van der Waals surface area contributed by atoms with Crippen LogP contribution in [0.15, 0.2) is 35.3 Å². The number of nitrogens with one attached hydrogen (secondary N) is 1. The molecule has 0 aromatic heterocycles. The molecule has 0 radical (unpaired) electrons. The van der Waals surface area contributed by atoms with E-state index in [9.17, 15) is 4.79 Å². The minimum atomic E-state index is 0.0366. The van der Waals surface area contributed by atoms with E-state index in [1.807, 2.05) is 37.3 Å². The van der Waals surface area contributed by atoms with E-state index in [1.54, 1.807) is 0 Å². The summed E-state index contributed by atoms with van der Waals surface area (Å²) in [5.74, 6) is 0.0827. The molecule has 1 aromatic rings. The number of amidine groups is 1. The zero-order valence-electron chi connectivity index (χ0n) is 9.14. The molecule has 1 atom stereocenters. The molecule has 1 N–H and O–H groups in total. The van der Waals surface area contributed by atoms with E-state index in [-0.39, 0.29) is 11.2 Å². The molecule has 0 aliphatic carbocycles. The fourth-order valence-electron chi connectivity index (χ4n) is 1.50. The third kappa shape index (κ3) is 2.64. The second-order valence-corrected chi connectivity index (χ2v) is 4.80. The Morgan fingerprint density at radius 3 is 2.75 bits per heavy atom. The van der Waals surface area contributed by atoms with E-state index in [0.29, 0.717) is 6.54 Å². The summed E-state index contributed by atoms with van der Waals surface area (Å²) in [4.78, 5) is 15.8. The Kier molecular flexibility index (Phi) is 3.62. The van der Waals surface area contributed by atoms with E-state index < -0.39 is 0 Å². The molecule has 84 valence electrons. The molecule has 1 aromatic carbocycles. The summed E-state index contributed by atoms with van der Waals surface area (Å²) in [5.41, 5.74) is 1.16. The van der Waals surface area contributed by atoms with Crippen molar-refractivity contribution in [2.75, 3.05) is 0 Å². The van der Waals surface area contributed by atoms with Crippen LogP contribution in [0.2, 0.25) is 0 Å². The van der Waals surface area contributed by atoms with Crippen molar-refractivity contribution in [3.63, 3.8) is 0 Å². The van der Waals surface area contributed by atoms with Crippen molar-refractivity contribution in [1.29, 1.82) is 0 Å². The van der Waals surface area contributed by atoms with Crippen LogP contribution in [0.3, 0.4) is 0 Å². The van der Waals surface area contributed by atoms with Gasteiger partial charge < -0.3 is 5.32 Å². The smallest absolute Gasteiger partial charge is 0.239 e. The number of carbonyl (C=O) groups excluding carboxylic acids is 1. The first-order valence-corrected chi connectivity index (χ1v) is 6.23. The Bertz CT molecular complexity index is 403. The molecular weight excluding hydrogens is 220 g/mol. The first-order chi connectivity index (χ1) is 7.79. The molecule has 2 rings (SSSR count). The highest BCUT2D eigenvalue weighted by Gasteiger charge is 2.27. The second kappa shape index (κ2) is 5.16. The molecule has 1 aliphatic heterocycles. The molecule has 0 spiro atoms. The van der Waals surface area contributed by atoms with Gasteiger partial charge in [-0.3, -0.25) is 9.79 Å². The predicted octanol–water partition coefficient (Wildman–Crippen LogP) is 2.18. The number of aliphatic imine (C=N–C) groups is 1. The van der Waals surface area contributed by atoms with Crippen molar-refractivity contribution in [2.24, 2.45) is 4.99 Å². The van der Waals surface area contributed by atoms with Crippen LogP contribution >= 0.6 is 11.8 Å². The molecule has 1 unspecified atom stereocenters. The fraction of sp³-hybridized carbons (Fsp3) is 0.333. The average molecular weight is 234 g/mol. The van der Waals surface area contributed by atoms with Gasteiger partial charge in [0.15, 0.2) is 5.17 Å². The maximum absolute atomic E-state index is 11.4. The van der Waals surface area contributed by atoms with Crippen LogP contribution in [0, 0.1) is 0 Å². The number of nitrogens with zero attached hydrogens (tertiary/aromatic N) is 1. The van der Waals surface area contributed by atoms with Crippen molar-refractivity contribution in [1.82, 2.24) is 5.32 Å². The van der Waals surface area contributed by atoms with Crippen LogP contribution < -0.4 is 5.32 Å². The zero-order chi connectivity index (χ0) is 11.4. The summed E-state index contributed by atoms with van der Waals surface area (Å²) in [6.45, 7) is 2.64. The van der Waals surface area contributed by atoms with Gasteiger partial charge in [-0.25, -0.2) is 0 Å². The number of hydrogen-bond acceptors (Lipinski definition) is 3. The maximum Gasteiger partial charge on any atom is 0.239 e. The Morgan fingerprint density at radius 1 is 1.38 bits per heavy atom. The normalized spacial score (nSPS) is 22.4. The molecular formula is C12H14N2OS. The van der Waals surface area contributed by atoms with Crippen molar-refractivity contribution in [2.45, 2.75) is 25.1 Å². The standard InChI is InChI=1S/C12H14N2OS/c1-2-10-11(15)14-12(16-10)13-8-9-6-4-3-5-7-9/h3-7,10H,2,8H2,1H3,(H,13,14,15). The lowest BCUT2D eigenvalue weighted by Gasteiger charge is -1.97. The molecule has 4 heteroatoms. The van der Waals surface area contributed by atoms with Gasteiger partial charge in [0.05, 0.1) is 11.8 Å². The molecule has 1 saturated heterocycles. The minimum absolute atomic E-state index is 0.0366. The number of amides is 1. The lowest BCUT2D eigenvalue weighted by Crippen LogP contribution is -2.24. The van der Waals surface area contributed by atoms with E-state index in [2.05, 4.69) is 10.3 Å². The summed E-state index contributed by atoms with van der Waals surface area (Å²) >= 11 is 1.53. The molecule has 3 nitrogen and oxygen atoms in total. The highest BCUT2D eigenvalue weighted by Crippen LogP contribution is 2.22. The van der Waals surface area contributed by atoms with E-state index in [0.717, 1.165) is 17.2 Å². The van der Waals surface area contributed by atoms with Crippen LogP contribution in [-0.2, 0) is 11.3 Å². The van der Waals surface area contributed by atoms with Crippen LogP contribution in [0.5, 0.6) is 0 Å². The average Bonchev–Trinajstić information content (AvgIpc) is 2.69. The summed E-state index contributed by atoms with van der Waals surface area (Å²) in [6, 6.07) is 10.0. The molecule has 1 heterocycles. The molecule has 1 aliphatic rings. The topological polar surface area (TPSA) is 41.5 Å². The van der Waals surface area contributed by atoms with Gasteiger partial charge in [0.1, 0.15) is 0 Å². The Balaban J connectivity index is 1.97. The summed E-state index contributed by atoms with van der Waals surface area (Å²) in [7, 11) is 0. The monoisotopic (exact) mass is 234 g/mol.